The Morgan fingerprint density at radius 3 is 2.78 bits per heavy atom. The van der Waals surface area contributed by atoms with Gasteiger partial charge in [-0.2, -0.15) is 0 Å². The van der Waals surface area contributed by atoms with Crippen LogP contribution in [0.15, 0.2) is 53.3 Å². The Balaban J connectivity index is 1.25. The van der Waals surface area contributed by atoms with Gasteiger partial charge in [-0.1, -0.05) is 30.3 Å². The van der Waals surface area contributed by atoms with Gasteiger partial charge in [0.05, 0.1) is 24.7 Å². The van der Waals surface area contributed by atoms with E-state index in [2.05, 4.69) is 37.5 Å². The van der Waals surface area contributed by atoms with Crippen molar-refractivity contribution < 1.29 is 14.2 Å². The predicted octanol–water partition coefficient (Wildman–Crippen LogP) is 2.67. The summed E-state index contributed by atoms with van der Waals surface area (Å²) in [6.07, 6.45) is 3.07. The minimum absolute atomic E-state index is 0.120. The molecule has 0 aliphatic carbocycles. The molecule has 2 aliphatic rings. The molecule has 0 saturated carbocycles. The highest BCUT2D eigenvalue weighted by Crippen LogP contribution is 2.35. The lowest BCUT2D eigenvalue weighted by Crippen LogP contribution is -2.30. The van der Waals surface area contributed by atoms with Crippen LogP contribution in [-0.2, 0) is 30.8 Å². The van der Waals surface area contributed by atoms with Crippen LogP contribution in [0.4, 0.5) is 0 Å². The number of aromatic nitrogens is 5. The highest BCUT2D eigenvalue weighted by Gasteiger charge is 2.21. The van der Waals surface area contributed by atoms with Crippen LogP contribution in [0.3, 0.4) is 0 Å². The van der Waals surface area contributed by atoms with Crippen LogP contribution in [0.5, 0.6) is 11.5 Å². The normalized spacial score (nSPS) is 16.9. The van der Waals surface area contributed by atoms with Gasteiger partial charge in [0.1, 0.15) is 0 Å². The number of hydrogen-bond acceptors (Lipinski definition) is 8. The summed E-state index contributed by atoms with van der Waals surface area (Å²) in [5.41, 5.74) is 2.52. The average Bonchev–Trinajstić information content (AvgIpc) is 3.66. The number of benzene rings is 2. The summed E-state index contributed by atoms with van der Waals surface area (Å²) in [7, 11) is 0. The van der Waals surface area contributed by atoms with E-state index in [9.17, 15) is 4.79 Å². The molecule has 4 aromatic rings. The number of rotatable bonds is 9. The van der Waals surface area contributed by atoms with Crippen molar-refractivity contribution in [1.82, 2.24) is 30.1 Å². The second-order valence-electron chi connectivity index (χ2n) is 9.27. The second kappa shape index (κ2) is 10.1. The molecule has 2 aliphatic heterocycles. The number of pyridine rings is 1. The maximum Gasteiger partial charge on any atom is 0.252 e. The van der Waals surface area contributed by atoms with Crippen LogP contribution in [0.25, 0.3) is 10.9 Å². The molecule has 0 spiro atoms. The zero-order valence-corrected chi connectivity index (χ0v) is 19.9. The first kappa shape index (κ1) is 22.7. The Kier molecular flexibility index (Phi) is 6.35. The van der Waals surface area contributed by atoms with Gasteiger partial charge in [-0.15, -0.1) is 5.10 Å². The van der Waals surface area contributed by atoms with Gasteiger partial charge in [-0.25, -0.2) is 4.68 Å². The summed E-state index contributed by atoms with van der Waals surface area (Å²) in [6, 6.07) is 16.0. The summed E-state index contributed by atoms with van der Waals surface area (Å²) in [5, 5.41) is 13.3. The van der Waals surface area contributed by atoms with E-state index in [4.69, 9.17) is 14.2 Å². The third-order valence-electron chi connectivity index (χ3n) is 6.74. The van der Waals surface area contributed by atoms with Crippen molar-refractivity contribution in [2.75, 3.05) is 19.9 Å². The maximum absolute atomic E-state index is 13.0. The van der Waals surface area contributed by atoms with Gasteiger partial charge in [0, 0.05) is 36.7 Å². The lowest BCUT2D eigenvalue weighted by Gasteiger charge is -2.22. The SMILES string of the molecule is O=c1[nH]c2cc3c(cc2cc1CN(CCc1ccccc1)Cc1nnnn1C[C@@H]1CCCO1)OCO3. The molecule has 0 amide bonds. The van der Waals surface area contributed by atoms with Crippen LogP contribution in [0.2, 0.25) is 0 Å². The number of aromatic amines is 1. The van der Waals surface area contributed by atoms with Gasteiger partial charge >= 0.3 is 0 Å². The van der Waals surface area contributed by atoms with Gasteiger partial charge in [-0.05, 0) is 47.4 Å². The van der Waals surface area contributed by atoms with Crippen LogP contribution in [0.1, 0.15) is 29.8 Å². The van der Waals surface area contributed by atoms with E-state index in [0.29, 0.717) is 36.7 Å². The van der Waals surface area contributed by atoms with Gasteiger partial charge in [0.2, 0.25) is 6.79 Å². The van der Waals surface area contributed by atoms with E-state index in [1.54, 1.807) is 0 Å². The van der Waals surface area contributed by atoms with Crippen LogP contribution in [0, 0.1) is 0 Å². The highest BCUT2D eigenvalue weighted by atomic mass is 16.7. The molecular formula is C26H28N6O4. The summed E-state index contributed by atoms with van der Waals surface area (Å²) in [5.74, 6) is 2.10. The monoisotopic (exact) mass is 488 g/mol. The van der Waals surface area contributed by atoms with E-state index >= 15 is 0 Å². The Morgan fingerprint density at radius 2 is 1.94 bits per heavy atom. The van der Waals surface area contributed by atoms with Gasteiger partial charge in [-0.3, -0.25) is 9.69 Å². The van der Waals surface area contributed by atoms with Gasteiger partial charge in [0.25, 0.3) is 5.56 Å². The molecule has 0 bridgehead atoms. The number of hydrogen-bond donors (Lipinski definition) is 1. The van der Waals surface area contributed by atoms with Gasteiger partial charge < -0.3 is 19.2 Å². The molecule has 10 heteroatoms. The lowest BCUT2D eigenvalue weighted by molar-refractivity contribution is 0.0916. The molecule has 10 nitrogen and oxygen atoms in total. The second-order valence-corrected chi connectivity index (χ2v) is 9.27. The molecule has 2 aromatic carbocycles. The summed E-state index contributed by atoms with van der Waals surface area (Å²) in [4.78, 5) is 18.2. The molecule has 1 fully saturated rings. The van der Waals surface area contributed by atoms with Crippen molar-refractivity contribution in [3.63, 3.8) is 0 Å². The van der Waals surface area contributed by atoms with Crippen LogP contribution < -0.4 is 15.0 Å². The fourth-order valence-corrected chi connectivity index (χ4v) is 4.80. The zero-order chi connectivity index (χ0) is 24.3. The number of fused-ring (bicyclic) bond motifs is 2. The lowest BCUT2D eigenvalue weighted by atomic mass is 10.1. The highest BCUT2D eigenvalue weighted by molar-refractivity contribution is 5.83. The Hall–Kier alpha value is -3.76. The summed E-state index contributed by atoms with van der Waals surface area (Å²) in [6.45, 7) is 3.34. The van der Waals surface area contributed by atoms with Crippen molar-refractivity contribution in [2.45, 2.75) is 45.0 Å². The van der Waals surface area contributed by atoms with Crippen molar-refractivity contribution in [3.05, 3.63) is 75.8 Å². The number of tetrazole rings is 1. The van der Waals surface area contributed by atoms with E-state index < -0.39 is 0 Å². The Labute approximate surface area is 207 Å². The molecule has 1 N–H and O–H groups in total. The minimum atomic E-state index is -0.120. The summed E-state index contributed by atoms with van der Waals surface area (Å²) < 4.78 is 18.6. The van der Waals surface area contributed by atoms with Crippen LogP contribution in [-0.4, -0.2) is 56.1 Å². The number of nitrogens with one attached hydrogen (secondary N) is 1. The molecule has 4 heterocycles. The third kappa shape index (κ3) is 4.95. The predicted molar refractivity (Wildman–Crippen MR) is 132 cm³/mol. The van der Waals surface area contributed by atoms with Gasteiger partial charge in [0.15, 0.2) is 17.3 Å². The molecule has 186 valence electrons. The molecular weight excluding hydrogens is 460 g/mol. The summed E-state index contributed by atoms with van der Waals surface area (Å²) >= 11 is 0. The molecule has 0 unspecified atom stereocenters. The minimum Gasteiger partial charge on any atom is -0.454 e. The number of nitrogens with zero attached hydrogens (tertiary/aromatic N) is 5. The molecule has 6 rings (SSSR count). The standard InChI is InChI=1S/C26H28N6O4/c33-26-20(11-19-12-23-24(36-17-35-23)13-22(19)27-26)14-31(9-8-18-5-2-1-3-6-18)16-25-28-29-30-32(25)15-21-7-4-10-34-21/h1-3,5-6,11-13,21H,4,7-10,14-17H2,(H,27,33)/t21-/m0/s1. The fraction of sp³-hybridized carbons (Fsp3) is 0.385. The molecule has 36 heavy (non-hydrogen) atoms. The Morgan fingerprint density at radius 1 is 1.08 bits per heavy atom. The van der Waals surface area contributed by atoms with Crippen molar-refractivity contribution in [1.29, 1.82) is 0 Å². The first-order valence-electron chi connectivity index (χ1n) is 12.3. The maximum atomic E-state index is 13.0. The third-order valence-corrected chi connectivity index (χ3v) is 6.74. The smallest absolute Gasteiger partial charge is 0.252 e. The average molecular weight is 489 g/mol. The molecule has 0 radical (unpaired) electrons. The van der Waals surface area contributed by atoms with Crippen molar-refractivity contribution >= 4 is 10.9 Å². The van der Waals surface area contributed by atoms with Crippen molar-refractivity contribution in [3.8, 4) is 11.5 Å². The zero-order valence-electron chi connectivity index (χ0n) is 19.9. The Bertz CT molecular complexity index is 1400. The molecule has 1 saturated heterocycles. The quantitative estimate of drug-likeness (QED) is 0.383. The largest absolute Gasteiger partial charge is 0.454 e. The van der Waals surface area contributed by atoms with E-state index in [1.807, 2.05) is 41.1 Å². The molecule has 2 aromatic heterocycles. The number of ether oxygens (including phenoxy) is 3. The van der Waals surface area contributed by atoms with Crippen molar-refractivity contribution in [2.24, 2.45) is 0 Å². The first-order valence-corrected chi connectivity index (χ1v) is 12.3. The molecule has 1 atom stereocenters. The number of H-pyrrole nitrogens is 1. The van der Waals surface area contributed by atoms with Crippen LogP contribution >= 0.6 is 0 Å². The van der Waals surface area contributed by atoms with E-state index in [-0.39, 0.29) is 18.5 Å². The van der Waals surface area contributed by atoms with E-state index in [1.165, 1.54) is 5.56 Å². The van der Waals surface area contributed by atoms with E-state index in [0.717, 1.165) is 49.1 Å². The fourth-order valence-electron chi connectivity index (χ4n) is 4.80. The first-order chi connectivity index (χ1) is 17.7. The topological polar surface area (TPSA) is 107 Å².